The van der Waals surface area contributed by atoms with Crippen molar-refractivity contribution in [3.8, 4) is 0 Å². The number of carbonyl (C=O) groups excluding carboxylic acids is 2. The van der Waals surface area contributed by atoms with E-state index in [0.717, 1.165) is 19.3 Å². The normalized spacial score (nSPS) is 10.7. The number of amides is 2. The largest absolute Gasteiger partial charge is 0.349 e. The van der Waals surface area contributed by atoms with Crippen molar-refractivity contribution in [2.75, 3.05) is 11.9 Å². The van der Waals surface area contributed by atoms with E-state index in [1.807, 2.05) is 0 Å². The van der Waals surface area contributed by atoms with E-state index in [-0.39, 0.29) is 23.1 Å². The van der Waals surface area contributed by atoms with Gasteiger partial charge in [-0.3, -0.25) is 14.0 Å². The van der Waals surface area contributed by atoms with Gasteiger partial charge in [-0.15, -0.1) is 0 Å². The molecule has 6 nitrogen and oxygen atoms in total. The molecule has 140 valence electrons. The minimum atomic E-state index is -0.575. The maximum absolute atomic E-state index is 13.8. The van der Waals surface area contributed by atoms with Gasteiger partial charge in [0, 0.05) is 12.7 Å². The van der Waals surface area contributed by atoms with Crippen molar-refractivity contribution in [2.45, 2.75) is 26.2 Å². The first-order valence-corrected chi connectivity index (χ1v) is 8.93. The van der Waals surface area contributed by atoms with Crippen LogP contribution in [0.1, 0.15) is 47.3 Å². The molecule has 3 rings (SSSR count). The smallest absolute Gasteiger partial charge is 0.287 e. The molecule has 0 saturated carbocycles. The highest BCUT2D eigenvalue weighted by Crippen LogP contribution is 2.17. The number of benzene rings is 1. The second-order valence-corrected chi connectivity index (χ2v) is 6.14. The topological polar surface area (TPSA) is 75.5 Å². The highest BCUT2D eigenvalue weighted by molar-refractivity contribution is 6.09. The van der Waals surface area contributed by atoms with Gasteiger partial charge in [0.05, 0.1) is 11.2 Å². The summed E-state index contributed by atoms with van der Waals surface area (Å²) in [6.45, 7) is 2.63. The molecule has 0 aliphatic carbocycles. The Balaban J connectivity index is 1.87. The molecule has 1 aromatic carbocycles. The minimum Gasteiger partial charge on any atom is -0.349 e. The molecule has 2 aromatic heterocycles. The van der Waals surface area contributed by atoms with Crippen LogP contribution in [-0.4, -0.2) is 27.7 Å². The molecule has 7 heteroatoms. The van der Waals surface area contributed by atoms with E-state index < -0.39 is 11.7 Å². The summed E-state index contributed by atoms with van der Waals surface area (Å²) >= 11 is 0. The van der Waals surface area contributed by atoms with Crippen LogP contribution in [0.3, 0.4) is 0 Å². The molecule has 0 saturated heterocycles. The molecule has 2 heterocycles. The van der Waals surface area contributed by atoms with Crippen LogP contribution in [0, 0.1) is 5.82 Å². The number of nitrogens with one attached hydrogen (secondary N) is 2. The number of unbranched alkanes of at least 4 members (excludes halogenated alkanes) is 2. The van der Waals surface area contributed by atoms with Crippen LogP contribution in [0.4, 0.5) is 10.1 Å². The number of pyridine rings is 1. The van der Waals surface area contributed by atoms with Crippen LogP contribution in [0.15, 0.2) is 48.7 Å². The van der Waals surface area contributed by atoms with Crippen LogP contribution in [-0.2, 0) is 0 Å². The van der Waals surface area contributed by atoms with Crippen LogP contribution in [0.25, 0.3) is 5.52 Å². The summed E-state index contributed by atoms with van der Waals surface area (Å²) in [6, 6.07) is 11.1. The van der Waals surface area contributed by atoms with Gasteiger partial charge in [-0.25, -0.2) is 9.37 Å². The molecule has 0 aliphatic rings. The number of halogens is 1. The highest BCUT2D eigenvalue weighted by Gasteiger charge is 2.21. The van der Waals surface area contributed by atoms with E-state index in [1.54, 1.807) is 34.9 Å². The Bertz CT molecular complexity index is 968. The van der Waals surface area contributed by atoms with Gasteiger partial charge in [-0.2, -0.15) is 0 Å². The Morgan fingerprint density at radius 3 is 2.63 bits per heavy atom. The Labute approximate surface area is 156 Å². The van der Waals surface area contributed by atoms with Crippen LogP contribution in [0.5, 0.6) is 0 Å². The molecule has 3 aromatic rings. The van der Waals surface area contributed by atoms with Crippen LogP contribution in [0.2, 0.25) is 0 Å². The fourth-order valence-electron chi connectivity index (χ4n) is 2.77. The van der Waals surface area contributed by atoms with Crippen molar-refractivity contribution in [1.29, 1.82) is 0 Å². The van der Waals surface area contributed by atoms with Crippen molar-refractivity contribution < 1.29 is 14.0 Å². The summed E-state index contributed by atoms with van der Waals surface area (Å²) in [4.78, 5) is 29.3. The standard InChI is InChI=1S/C20H21FN4O2/c1-2-3-7-12-22-20(27)18-24-17(16-11-6-8-13-25(16)18)19(26)23-15-10-5-4-9-14(15)21/h4-6,8-11,13H,2-3,7,12H2,1H3,(H,22,27)(H,23,26). The van der Waals surface area contributed by atoms with Crippen molar-refractivity contribution in [3.63, 3.8) is 0 Å². The lowest BCUT2D eigenvalue weighted by Gasteiger charge is -2.04. The molecule has 0 spiro atoms. The highest BCUT2D eigenvalue weighted by atomic mass is 19.1. The number of fused-ring (bicyclic) bond motifs is 1. The number of rotatable bonds is 7. The first-order chi connectivity index (χ1) is 13.1. The Morgan fingerprint density at radius 1 is 1.07 bits per heavy atom. The SMILES string of the molecule is CCCCCNC(=O)c1nc(C(=O)Nc2ccccc2F)c2ccccn12. The number of imidazole rings is 1. The maximum Gasteiger partial charge on any atom is 0.287 e. The number of carbonyl (C=O) groups is 2. The van der Waals surface area contributed by atoms with Gasteiger partial charge in [0.1, 0.15) is 5.82 Å². The van der Waals surface area contributed by atoms with Crippen molar-refractivity contribution in [3.05, 3.63) is 66.0 Å². The molecule has 0 aliphatic heterocycles. The van der Waals surface area contributed by atoms with Crippen LogP contribution >= 0.6 is 0 Å². The second-order valence-electron chi connectivity index (χ2n) is 6.14. The van der Waals surface area contributed by atoms with Gasteiger partial charge in [0.25, 0.3) is 11.8 Å². The predicted octanol–water partition coefficient (Wildman–Crippen LogP) is 3.65. The predicted molar refractivity (Wildman–Crippen MR) is 101 cm³/mol. The summed E-state index contributed by atoms with van der Waals surface area (Å²) in [5.41, 5.74) is 0.604. The lowest BCUT2D eigenvalue weighted by Crippen LogP contribution is -2.26. The third-order valence-corrected chi connectivity index (χ3v) is 4.15. The number of para-hydroxylation sites is 1. The first kappa shape index (κ1) is 18.6. The maximum atomic E-state index is 13.8. The number of hydrogen-bond acceptors (Lipinski definition) is 3. The summed E-state index contributed by atoms with van der Waals surface area (Å²) in [5, 5.41) is 5.33. The first-order valence-electron chi connectivity index (χ1n) is 8.93. The zero-order valence-electron chi connectivity index (χ0n) is 15.0. The number of anilines is 1. The molecule has 0 atom stereocenters. The van der Waals surface area contributed by atoms with Gasteiger partial charge >= 0.3 is 0 Å². The van der Waals surface area contributed by atoms with Gasteiger partial charge in [0.15, 0.2) is 5.69 Å². The van der Waals surface area contributed by atoms with E-state index in [1.165, 1.54) is 18.2 Å². The fourth-order valence-corrected chi connectivity index (χ4v) is 2.77. The van der Waals surface area contributed by atoms with Gasteiger partial charge in [-0.1, -0.05) is 38.0 Å². The summed E-state index contributed by atoms with van der Waals surface area (Å²) in [5.74, 6) is -1.34. The lowest BCUT2D eigenvalue weighted by molar-refractivity contribution is 0.0942. The molecular weight excluding hydrogens is 347 g/mol. The molecule has 0 bridgehead atoms. The van der Waals surface area contributed by atoms with Crippen LogP contribution < -0.4 is 10.6 Å². The van der Waals surface area contributed by atoms with E-state index in [9.17, 15) is 14.0 Å². The minimum absolute atomic E-state index is 0.0603. The van der Waals surface area contributed by atoms with Gasteiger partial charge < -0.3 is 10.6 Å². The van der Waals surface area contributed by atoms with Crippen molar-refractivity contribution in [2.24, 2.45) is 0 Å². The zero-order chi connectivity index (χ0) is 19.2. The van der Waals surface area contributed by atoms with Crippen molar-refractivity contribution in [1.82, 2.24) is 14.7 Å². The number of hydrogen-bond donors (Lipinski definition) is 2. The fraction of sp³-hybridized carbons (Fsp3) is 0.250. The van der Waals surface area contributed by atoms with E-state index >= 15 is 0 Å². The Morgan fingerprint density at radius 2 is 1.85 bits per heavy atom. The third-order valence-electron chi connectivity index (χ3n) is 4.15. The molecular formula is C20H21FN4O2. The van der Waals surface area contributed by atoms with Crippen molar-refractivity contribution >= 4 is 23.0 Å². The molecule has 0 fully saturated rings. The van der Waals surface area contributed by atoms with E-state index in [2.05, 4.69) is 22.5 Å². The molecule has 27 heavy (non-hydrogen) atoms. The third kappa shape index (κ3) is 4.13. The molecule has 2 amide bonds. The Kier molecular flexibility index (Phi) is 5.80. The van der Waals surface area contributed by atoms with Gasteiger partial charge in [-0.05, 0) is 30.7 Å². The second kappa shape index (κ2) is 8.44. The zero-order valence-corrected chi connectivity index (χ0v) is 15.0. The molecule has 0 radical (unpaired) electrons. The molecule has 0 unspecified atom stereocenters. The average Bonchev–Trinajstić information content (AvgIpc) is 3.07. The lowest BCUT2D eigenvalue weighted by atomic mass is 10.2. The quantitative estimate of drug-likeness (QED) is 0.625. The number of nitrogens with zero attached hydrogens (tertiary/aromatic N) is 2. The summed E-state index contributed by atoms with van der Waals surface area (Å²) in [6.07, 6.45) is 4.64. The Hall–Kier alpha value is -3.22. The summed E-state index contributed by atoms with van der Waals surface area (Å²) in [7, 11) is 0. The molecule has 2 N–H and O–H groups in total. The van der Waals surface area contributed by atoms with Gasteiger partial charge in [0.2, 0.25) is 5.82 Å². The summed E-state index contributed by atoms with van der Waals surface area (Å²) < 4.78 is 15.4. The van der Waals surface area contributed by atoms with E-state index in [4.69, 9.17) is 0 Å². The average molecular weight is 368 g/mol. The van der Waals surface area contributed by atoms with E-state index in [0.29, 0.717) is 12.1 Å². The number of aromatic nitrogens is 2. The monoisotopic (exact) mass is 368 g/mol.